The summed E-state index contributed by atoms with van der Waals surface area (Å²) in [5.41, 5.74) is 0. The van der Waals surface area contributed by atoms with E-state index in [9.17, 15) is 4.79 Å². The van der Waals surface area contributed by atoms with Crippen molar-refractivity contribution in [3.8, 4) is 0 Å². The van der Waals surface area contributed by atoms with Gasteiger partial charge in [0.25, 0.3) is 0 Å². The molecule has 0 saturated carbocycles. The van der Waals surface area contributed by atoms with Crippen molar-refractivity contribution in [2.75, 3.05) is 31.6 Å². The molecule has 1 atom stereocenters. The predicted octanol–water partition coefficient (Wildman–Crippen LogP) is 0.531. The molecule has 1 amide bonds. The molecule has 1 aliphatic heterocycles. The van der Waals surface area contributed by atoms with Crippen LogP contribution in [-0.4, -0.2) is 63.1 Å². The zero-order valence-electron chi connectivity index (χ0n) is 14.2. The average molecular weight is 334 g/mol. The number of carbonyl (C=O) groups excluding carboxylic acids is 1. The van der Waals surface area contributed by atoms with E-state index in [-0.39, 0.29) is 12.0 Å². The standard InChI is InChI=1S/C15H22N6O3/c1-10-6-14(19-24-10)17-15(22)9-20-4-5-23-13(7-20)8-21-12(3)16-11(2)18-21/h6,13H,4-5,7-9H2,1-3H3,(H,17,19,22)/t13-/m1/s1. The summed E-state index contributed by atoms with van der Waals surface area (Å²) < 4.78 is 12.6. The van der Waals surface area contributed by atoms with E-state index in [1.54, 1.807) is 13.0 Å². The van der Waals surface area contributed by atoms with Gasteiger partial charge in [-0.05, 0) is 20.8 Å². The van der Waals surface area contributed by atoms with Gasteiger partial charge in [0.15, 0.2) is 5.82 Å². The second kappa shape index (κ2) is 7.10. The molecule has 0 spiro atoms. The molecule has 0 aliphatic carbocycles. The Morgan fingerprint density at radius 1 is 1.42 bits per heavy atom. The fourth-order valence-corrected chi connectivity index (χ4v) is 2.77. The van der Waals surface area contributed by atoms with Gasteiger partial charge in [0.2, 0.25) is 5.91 Å². The first-order valence-corrected chi connectivity index (χ1v) is 7.95. The molecule has 0 unspecified atom stereocenters. The molecule has 0 aromatic carbocycles. The summed E-state index contributed by atoms with van der Waals surface area (Å²) in [7, 11) is 0. The van der Waals surface area contributed by atoms with Gasteiger partial charge in [-0.1, -0.05) is 5.16 Å². The van der Waals surface area contributed by atoms with Crippen LogP contribution < -0.4 is 5.32 Å². The number of aromatic nitrogens is 4. The number of aryl methyl sites for hydroxylation is 3. The van der Waals surface area contributed by atoms with Gasteiger partial charge in [-0.3, -0.25) is 9.69 Å². The fourth-order valence-electron chi connectivity index (χ4n) is 2.77. The number of rotatable bonds is 5. The lowest BCUT2D eigenvalue weighted by atomic mass is 10.2. The highest BCUT2D eigenvalue weighted by Crippen LogP contribution is 2.10. The van der Waals surface area contributed by atoms with E-state index in [4.69, 9.17) is 9.26 Å². The van der Waals surface area contributed by atoms with Crippen molar-refractivity contribution in [1.82, 2.24) is 24.8 Å². The maximum absolute atomic E-state index is 12.1. The van der Waals surface area contributed by atoms with Crippen LogP contribution in [0.4, 0.5) is 5.82 Å². The topological polar surface area (TPSA) is 98.3 Å². The van der Waals surface area contributed by atoms with Crippen molar-refractivity contribution in [1.29, 1.82) is 0 Å². The van der Waals surface area contributed by atoms with Gasteiger partial charge in [-0.25, -0.2) is 9.67 Å². The summed E-state index contributed by atoms with van der Waals surface area (Å²) in [5.74, 6) is 2.61. The Morgan fingerprint density at radius 2 is 2.25 bits per heavy atom. The molecular weight excluding hydrogens is 312 g/mol. The SMILES string of the molecule is Cc1nc(C)n(C[C@H]2CN(CC(=O)Nc3cc(C)on3)CCO2)n1. The molecule has 9 heteroatoms. The molecule has 0 bridgehead atoms. The van der Waals surface area contributed by atoms with Gasteiger partial charge in [0.05, 0.1) is 25.8 Å². The third kappa shape index (κ3) is 4.18. The third-order valence-electron chi connectivity index (χ3n) is 3.82. The highest BCUT2D eigenvalue weighted by molar-refractivity contribution is 5.91. The van der Waals surface area contributed by atoms with Crippen LogP contribution >= 0.6 is 0 Å². The minimum atomic E-state index is -0.114. The van der Waals surface area contributed by atoms with Crippen molar-refractivity contribution in [2.45, 2.75) is 33.4 Å². The number of hydrogen-bond donors (Lipinski definition) is 1. The molecule has 3 rings (SSSR count). The summed E-state index contributed by atoms with van der Waals surface area (Å²) in [4.78, 5) is 18.5. The maximum Gasteiger partial charge on any atom is 0.239 e. The van der Waals surface area contributed by atoms with E-state index in [2.05, 4.69) is 25.5 Å². The van der Waals surface area contributed by atoms with Gasteiger partial charge in [0, 0.05) is 19.2 Å². The van der Waals surface area contributed by atoms with Crippen LogP contribution in [0, 0.1) is 20.8 Å². The Balaban J connectivity index is 1.51. The van der Waals surface area contributed by atoms with Crippen LogP contribution in [0.5, 0.6) is 0 Å². The molecule has 1 aliphatic rings. The van der Waals surface area contributed by atoms with Crippen molar-refractivity contribution in [2.24, 2.45) is 0 Å². The van der Waals surface area contributed by atoms with Crippen LogP contribution in [0.25, 0.3) is 0 Å². The van der Waals surface area contributed by atoms with Gasteiger partial charge in [0.1, 0.15) is 17.4 Å². The van der Waals surface area contributed by atoms with Crippen molar-refractivity contribution >= 4 is 11.7 Å². The summed E-state index contributed by atoms with van der Waals surface area (Å²) in [6.45, 7) is 8.48. The van der Waals surface area contributed by atoms with Crippen LogP contribution in [0.3, 0.4) is 0 Å². The molecule has 9 nitrogen and oxygen atoms in total. The molecule has 3 heterocycles. The molecule has 1 N–H and O–H groups in total. The number of nitrogens with zero attached hydrogens (tertiary/aromatic N) is 5. The number of carbonyl (C=O) groups is 1. The first-order valence-electron chi connectivity index (χ1n) is 7.95. The minimum absolute atomic E-state index is 0.0133. The second-order valence-corrected chi connectivity index (χ2v) is 5.99. The zero-order chi connectivity index (χ0) is 17.1. The molecule has 1 fully saturated rings. The lowest BCUT2D eigenvalue weighted by Crippen LogP contribution is -2.47. The van der Waals surface area contributed by atoms with Crippen molar-refractivity contribution in [3.05, 3.63) is 23.5 Å². The second-order valence-electron chi connectivity index (χ2n) is 5.99. The Kier molecular flexibility index (Phi) is 4.91. The minimum Gasteiger partial charge on any atom is -0.374 e. The maximum atomic E-state index is 12.1. The number of ether oxygens (including phenoxy) is 1. The highest BCUT2D eigenvalue weighted by atomic mass is 16.5. The van der Waals surface area contributed by atoms with Gasteiger partial charge >= 0.3 is 0 Å². The number of anilines is 1. The lowest BCUT2D eigenvalue weighted by Gasteiger charge is -2.32. The lowest BCUT2D eigenvalue weighted by molar-refractivity contribution is -0.119. The van der Waals surface area contributed by atoms with Crippen LogP contribution in [0.1, 0.15) is 17.4 Å². The summed E-state index contributed by atoms with van der Waals surface area (Å²) >= 11 is 0. The molecule has 24 heavy (non-hydrogen) atoms. The largest absolute Gasteiger partial charge is 0.374 e. The van der Waals surface area contributed by atoms with Gasteiger partial charge < -0.3 is 14.6 Å². The molecule has 2 aromatic rings. The van der Waals surface area contributed by atoms with Crippen LogP contribution in [0.15, 0.2) is 10.6 Å². The first kappa shape index (κ1) is 16.6. The van der Waals surface area contributed by atoms with E-state index in [1.165, 1.54) is 0 Å². The van der Waals surface area contributed by atoms with Crippen molar-refractivity contribution in [3.63, 3.8) is 0 Å². The number of hydrogen-bond acceptors (Lipinski definition) is 7. The summed E-state index contributed by atoms with van der Waals surface area (Å²) in [6, 6.07) is 1.69. The molecule has 130 valence electrons. The zero-order valence-corrected chi connectivity index (χ0v) is 14.2. The molecule has 1 saturated heterocycles. The summed E-state index contributed by atoms with van der Waals surface area (Å²) in [5, 5.41) is 10.9. The predicted molar refractivity (Wildman–Crippen MR) is 85.5 cm³/mol. The quantitative estimate of drug-likeness (QED) is 0.851. The van der Waals surface area contributed by atoms with E-state index < -0.39 is 0 Å². The van der Waals surface area contributed by atoms with Crippen LogP contribution in [-0.2, 0) is 16.1 Å². The highest BCUT2D eigenvalue weighted by Gasteiger charge is 2.23. The van der Waals surface area contributed by atoms with Gasteiger partial charge in [-0.2, -0.15) is 5.10 Å². The van der Waals surface area contributed by atoms with Gasteiger partial charge in [-0.15, -0.1) is 0 Å². The number of morpholine rings is 1. The van der Waals surface area contributed by atoms with Crippen LogP contribution in [0.2, 0.25) is 0 Å². The molecule has 2 aromatic heterocycles. The van der Waals surface area contributed by atoms with Crippen molar-refractivity contribution < 1.29 is 14.1 Å². The molecule has 0 radical (unpaired) electrons. The third-order valence-corrected chi connectivity index (χ3v) is 3.82. The fraction of sp³-hybridized carbons (Fsp3) is 0.600. The Hall–Kier alpha value is -2.26. The van der Waals surface area contributed by atoms with E-state index in [0.29, 0.717) is 37.8 Å². The monoisotopic (exact) mass is 334 g/mol. The Labute approximate surface area is 140 Å². The van der Waals surface area contributed by atoms with E-state index >= 15 is 0 Å². The normalized spacial score (nSPS) is 18.7. The first-order chi connectivity index (χ1) is 11.5. The van der Waals surface area contributed by atoms with E-state index in [1.807, 2.05) is 18.5 Å². The number of amides is 1. The molecular formula is C15H22N6O3. The number of nitrogens with one attached hydrogen (secondary N) is 1. The van der Waals surface area contributed by atoms with E-state index in [0.717, 1.165) is 18.2 Å². The Morgan fingerprint density at radius 3 is 2.92 bits per heavy atom. The smallest absolute Gasteiger partial charge is 0.239 e. The summed E-state index contributed by atoms with van der Waals surface area (Å²) in [6.07, 6.45) is -0.0133. The Bertz CT molecular complexity index is 710. The average Bonchev–Trinajstić information content (AvgIpc) is 3.05.